The molecular formula is C16H18N2. The summed E-state index contributed by atoms with van der Waals surface area (Å²) < 4.78 is 0. The molecule has 2 heteroatoms. The Labute approximate surface area is 109 Å². The van der Waals surface area contributed by atoms with Gasteiger partial charge in [0.05, 0.1) is 23.5 Å². The van der Waals surface area contributed by atoms with Crippen LogP contribution in [0.3, 0.4) is 0 Å². The first kappa shape index (κ1) is 11.5. The Balaban J connectivity index is 0.000000111. The molecule has 4 bridgehead atoms. The molecule has 0 aromatic rings. The lowest BCUT2D eigenvalue weighted by atomic mass is 9.90. The van der Waals surface area contributed by atoms with Gasteiger partial charge < -0.3 is 0 Å². The van der Waals surface area contributed by atoms with Gasteiger partial charge in [0.15, 0.2) is 0 Å². The molecule has 0 aliphatic heterocycles. The summed E-state index contributed by atoms with van der Waals surface area (Å²) in [5.74, 6) is 2.45. The highest BCUT2D eigenvalue weighted by Crippen LogP contribution is 2.48. The number of allylic oxidation sites excluding steroid dienone is 4. The zero-order valence-corrected chi connectivity index (χ0v) is 10.5. The molecular weight excluding hydrogens is 220 g/mol. The van der Waals surface area contributed by atoms with Crippen LogP contribution in [-0.2, 0) is 0 Å². The maximum Gasteiger partial charge on any atom is 0.0759 e. The highest BCUT2D eigenvalue weighted by molar-refractivity contribution is 5.24. The minimum Gasteiger partial charge on any atom is -0.198 e. The lowest BCUT2D eigenvalue weighted by Gasteiger charge is -2.10. The zero-order chi connectivity index (χ0) is 12.6. The van der Waals surface area contributed by atoms with Gasteiger partial charge in [-0.05, 0) is 49.9 Å². The Morgan fingerprint density at radius 3 is 2.22 bits per heavy atom. The van der Waals surface area contributed by atoms with E-state index in [1.807, 2.05) is 0 Å². The molecule has 4 aliphatic rings. The van der Waals surface area contributed by atoms with E-state index in [-0.39, 0.29) is 5.41 Å². The standard InChI is InChI=1S/2C8H9N/c9-6-8-3-1-7(5-8)2-4-8;9-5-8-4-6-1-2-7(8)3-6/h1,3,7H,2,4-5H2;1-2,6-8H,3-4H2. The van der Waals surface area contributed by atoms with Crippen molar-refractivity contribution < 1.29 is 0 Å². The van der Waals surface area contributed by atoms with E-state index < -0.39 is 0 Å². The number of nitriles is 2. The van der Waals surface area contributed by atoms with Crippen LogP contribution in [0.1, 0.15) is 32.1 Å². The van der Waals surface area contributed by atoms with E-state index in [1.165, 1.54) is 12.8 Å². The van der Waals surface area contributed by atoms with Crippen LogP contribution in [0.15, 0.2) is 24.3 Å². The van der Waals surface area contributed by atoms with Crippen LogP contribution in [0.2, 0.25) is 0 Å². The largest absolute Gasteiger partial charge is 0.198 e. The average molecular weight is 238 g/mol. The molecule has 0 radical (unpaired) electrons. The molecule has 4 aliphatic carbocycles. The summed E-state index contributed by atoms with van der Waals surface area (Å²) in [4.78, 5) is 0. The first-order valence-electron chi connectivity index (χ1n) is 6.93. The SMILES string of the molecule is N#CC12C=CC(CC1)C2.N#CC1CC2C=CC1C2. The maximum absolute atomic E-state index is 8.74. The van der Waals surface area contributed by atoms with Crippen molar-refractivity contribution in [3.63, 3.8) is 0 Å². The van der Waals surface area contributed by atoms with E-state index in [2.05, 4.69) is 36.4 Å². The Kier molecular flexibility index (Phi) is 2.75. The molecule has 18 heavy (non-hydrogen) atoms. The normalized spacial score (nSPS) is 45.4. The molecule has 0 aromatic heterocycles. The van der Waals surface area contributed by atoms with Crippen molar-refractivity contribution in [3.05, 3.63) is 24.3 Å². The van der Waals surface area contributed by atoms with Gasteiger partial charge in [-0.3, -0.25) is 0 Å². The van der Waals surface area contributed by atoms with Crippen LogP contribution >= 0.6 is 0 Å². The second kappa shape index (κ2) is 4.29. The Morgan fingerprint density at radius 1 is 1.06 bits per heavy atom. The third-order valence-corrected chi connectivity index (χ3v) is 4.94. The smallest absolute Gasteiger partial charge is 0.0759 e. The molecule has 5 atom stereocenters. The predicted octanol–water partition coefficient (Wildman–Crippen LogP) is 3.59. The molecule has 0 heterocycles. The molecule has 2 saturated carbocycles. The van der Waals surface area contributed by atoms with E-state index in [4.69, 9.17) is 10.5 Å². The van der Waals surface area contributed by atoms with Gasteiger partial charge in [-0.25, -0.2) is 0 Å². The van der Waals surface area contributed by atoms with Crippen LogP contribution in [0.5, 0.6) is 0 Å². The summed E-state index contributed by atoms with van der Waals surface area (Å²) in [5.41, 5.74) is -0.0231. The summed E-state index contributed by atoms with van der Waals surface area (Å²) in [6.07, 6.45) is 14.6. The number of nitrogens with zero attached hydrogens (tertiary/aromatic N) is 2. The van der Waals surface area contributed by atoms with Crippen molar-refractivity contribution in [1.82, 2.24) is 0 Å². The number of rotatable bonds is 0. The van der Waals surface area contributed by atoms with E-state index in [0.29, 0.717) is 11.8 Å². The summed E-state index contributed by atoms with van der Waals surface area (Å²) >= 11 is 0. The van der Waals surface area contributed by atoms with Gasteiger partial charge in [0.25, 0.3) is 0 Å². The zero-order valence-electron chi connectivity index (χ0n) is 10.5. The molecule has 5 unspecified atom stereocenters. The second-order valence-electron chi connectivity index (χ2n) is 6.15. The van der Waals surface area contributed by atoms with Gasteiger partial charge in [-0.15, -0.1) is 0 Å². The number of hydrogen-bond donors (Lipinski definition) is 0. The molecule has 0 amide bonds. The third kappa shape index (κ3) is 1.87. The van der Waals surface area contributed by atoms with E-state index in [1.54, 1.807) is 0 Å². The van der Waals surface area contributed by atoms with Crippen molar-refractivity contribution >= 4 is 0 Å². The fraction of sp³-hybridized carbons (Fsp3) is 0.625. The van der Waals surface area contributed by atoms with Crippen molar-refractivity contribution in [3.8, 4) is 12.1 Å². The lowest BCUT2D eigenvalue weighted by Crippen LogP contribution is -2.06. The Bertz CT molecular complexity index is 476. The molecule has 92 valence electrons. The molecule has 2 nitrogen and oxygen atoms in total. The van der Waals surface area contributed by atoms with Gasteiger partial charge in [-0.1, -0.05) is 24.3 Å². The molecule has 0 N–H and O–H groups in total. The molecule has 2 fully saturated rings. The van der Waals surface area contributed by atoms with E-state index in [0.717, 1.165) is 31.1 Å². The van der Waals surface area contributed by atoms with E-state index in [9.17, 15) is 0 Å². The van der Waals surface area contributed by atoms with Gasteiger partial charge in [-0.2, -0.15) is 10.5 Å². The quantitative estimate of drug-likeness (QED) is 0.605. The van der Waals surface area contributed by atoms with E-state index >= 15 is 0 Å². The van der Waals surface area contributed by atoms with Crippen LogP contribution < -0.4 is 0 Å². The number of hydrogen-bond acceptors (Lipinski definition) is 2. The third-order valence-electron chi connectivity index (χ3n) is 4.94. The minimum atomic E-state index is -0.0231. The molecule has 4 rings (SSSR count). The van der Waals surface area contributed by atoms with Gasteiger partial charge >= 0.3 is 0 Å². The van der Waals surface area contributed by atoms with Crippen LogP contribution in [0, 0.1) is 51.7 Å². The highest BCUT2D eigenvalue weighted by Gasteiger charge is 2.40. The van der Waals surface area contributed by atoms with Gasteiger partial charge in [0.1, 0.15) is 0 Å². The number of fused-ring (bicyclic) bond motifs is 4. The summed E-state index contributed by atoms with van der Waals surface area (Å²) in [6.45, 7) is 0. The Morgan fingerprint density at radius 2 is 1.94 bits per heavy atom. The van der Waals surface area contributed by atoms with Crippen molar-refractivity contribution in [2.24, 2.45) is 29.1 Å². The van der Waals surface area contributed by atoms with Crippen LogP contribution in [0.4, 0.5) is 0 Å². The maximum atomic E-state index is 8.74. The lowest BCUT2D eigenvalue weighted by molar-refractivity contribution is 0.540. The topological polar surface area (TPSA) is 47.6 Å². The van der Waals surface area contributed by atoms with Crippen molar-refractivity contribution in [2.45, 2.75) is 32.1 Å². The van der Waals surface area contributed by atoms with Crippen molar-refractivity contribution in [2.75, 3.05) is 0 Å². The first-order chi connectivity index (χ1) is 8.74. The average Bonchev–Trinajstić information content (AvgIpc) is 3.18. The first-order valence-corrected chi connectivity index (χ1v) is 6.93. The fourth-order valence-electron chi connectivity index (χ4n) is 3.82. The molecule has 0 saturated heterocycles. The minimum absolute atomic E-state index is 0.0231. The fourth-order valence-corrected chi connectivity index (χ4v) is 3.82. The molecule has 0 aromatic carbocycles. The Hall–Kier alpha value is -1.54. The molecule has 0 spiro atoms. The van der Waals surface area contributed by atoms with Crippen molar-refractivity contribution in [1.29, 1.82) is 10.5 Å². The van der Waals surface area contributed by atoms with Crippen LogP contribution in [0.25, 0.3) is 0 Å². The summed E-state index contributed by atoms with van der Waals surface area (Å²) in [6, 6.07) is 4.73. The van der Waals surface area contributed by atoms with Gasteiger partial charge in [0.2, 0.25) is 0 Å². The summed E-state index contributed by atoms with van der Waals surface area (Å²) in [5, 5.41) is 17.3. The highest BCUT2D eigenvalue weighted by atomic mass is 14.5. The second-order valence-corrected chi connectivity index (χ2v) is 6.15. The predicted molar refractivity (Wildman–Crippen MR) is 69.0 cm³/mol. The van der Waals surface area contributed by atoms with Gasteiger partial charge in [0, 0.05) is 0 Å². The monoisotopic (exact) mass is 238 g/mol. The summed E-state index contributed by atoms with van der Waals surface area (Å²) in [7, 11) is 0. The van der Waals surface area contributed by atoms with Crippen LogP contribution in [-0.4, -0.2) is 0 Å².